The van der Waals surface area contributed by atoms with Crippen molar-refractivity contribution in [3.8, 4) is 0 Å². The Bertz CT molecular complexity index is 772. The number of piperidine rings is 1. The van der Waals surface area contributed by atoms with Crippen molar-refractivity contribution in [1.29, 1.82) is 0 Å². The smallest absolute Gasteiger partial charge is 0.111 e. The Labute approximate surface area is 137 Å². The zero-order chi connectivity index (χ0) is 15.6. The molecular weight excluding hydrogens is 282 g/mol. The number of hydrogen-bond acceptors (Lipinski definition) is 1. The van der Waals surface area contributed by atoms with Crippen molar-refractivity contribution in [3.05, 3.63) is 60.2 Å². The summed E-state index contributed by atoms with van der Waals surface area (Å²) in [6.45, 7) is 2.48. The minimum Gasteiger partial charge on any atom is -0.390 e. The van der Waals surface area contributed by atoms with Crippen LogP contribution in [0.5, 0.6) is 0 Å². The van der Waals surface area contributed by atoms with E-state index in [0.29, 0.717) is 12.6 Å². The van der Waals surface area contributed by atoms with Gasteiger partial charge in [-0.3, -0.25) is 0 Å². The summed E-state index contributed by atoms with van der Waals surface area (Å²) < 4.78 is 0. The van der Waals surface area contributed by atoms with Crippen LogP contribution in [0, 0.1) is 0 Å². The molecule has 0 radical (unpaired) electrons. The maximum Gasteiger partial charge on any atom is 0.111 e. The molecule has 0 aromatic heterocycles. The Morgan fingerprint density at radius 2 is 1.57 bits per heavy atom. The zero-order valence-electron chi connectivity index (χ0n) is 13.5. The van der Waals surface area contributed by atoms with Crippen molar-refractivity contribution in [2.24, 2.45) is 0 Å². The van der Waals surface area contributed by atoms with Gasteiger partial charge < -0.3 is 10.0 Å². The fourth-order valence-corrected chi connectivity index (χ4v) is 4.13. The summed E-state index contributed by atoms with van der Waals surface area (Å²) in [5.74, 6) is 0. The number of rotatable bonds is 3. The molecule has 23 heavy (non-hydrogen) atoms. The highest BCUT2D eigenvalue weighted by Gasteiger charge is 2.26. The molecule has 2 atom stereocenters. The van der Waals surface area contributed by atoms with Gasteiger partial charge in [0.2, 0.25) is 0 Å². The molecule has 1 heterocycles. The molecule has 0 saturated carbocycles. The number of likely N-dealkylation sites (tertiary alicyclic amines) is 1. The average molecular weight is 306 g/mol. The first-order valence-electron chi connectivity index (χ1n) is 8.71. The van der Waals surface area contributed by atoms with E-state index in [-0.39, 0.29) is 0 Å². The summed E-state index contributed by atoms with van der Waals surface area (Å²) >= 11 is 0. The minimum atomic E-state index is 0.304. The number of fused-ring (bicyclic) bond motifs is 2. The Morgan fingerprint density at radius 3 is 2.22 bits per heavy atom. The lowest BCUT2D eigenvalue weighted by molar-refractivity contribution is -0.944. The first-order chi connectivity index (χ1) is 11.4. The zero-order valence-corrected chi connectivity index (χ0v) is 13.5. The summed E-state index contributed by atoms with van der Waals surface area (Å²) in [5, 5.41) is 15.1. The second kappa shape index (κ2) is 6.31. The van der Waals surface area contributed by atoms with Crippen molar-refractivity contribution < 1.29 is 10.0 Å². The molecule has 118 valence electrons. The van der Waals surface area contributed by atoms with Gasteiger partial charge in [-0.05, 0) is 40.5 Å². The Hall–Kier alpha value is -1.90. The topological polar surface area (TPSA) is 24.7 Å². The fraction of sp³-hybridized carbons (Fsp3) is 0.333. The first-order valence-corrected chi connectivity index (χ1v) is 8.71. The Kier molecular flexibility index (Phi) is 4.02. The van der Waals surface area contributed by atoms with Crippen molar-refractivity contribution in [2.45, 2.75) is 31.8 Å². The number of nitrogens with one attached hydrogen (secondary N) is 1. The summed E-state index contributed by atoms with van der Waals surface area (Å²) in [5.41, 5.74) is 1.44. The van der Waals surface area contributed by atoms with Crippen LogP contribution in [0.4, 0.5) is 0 Å². The van der Waals surface area contributed by atoms with Crippen LogP contribution in [-0.4, -0.2) is 24.3 Å². The van der Waals surface area contributed by atoms with Crippen molar-refractivity contribution in [1.82, 2.24) is 0 Å². The molecule has 0 spiro atoms. The van der Waals surface area contributed by atoms with Crippen molar-refractivity contribution >= 4 is 21.5 Å². The van der Waals surface area contributed by atoms with Crippen LogP contribution >= 0.6 is 0 Å². The van der Waals surface area contributed by atoms with E-state index in [1.165, 1.54) is 46.5 Å². The van der Waals surface area contributed by atoms with E-state index >= 15 is 0 Å². The van der Waals surface area contributed by atoms with Crippen molar-refractivity contribution in [2.75, 3.05) is 13.2 Å². The maximum absolute atomic E-state index is 9.75. The van der Waals surface area contributed by atoms with Crippen LogP contribution in [0.1, 0.15) is 24.8 Å². The molecule has 2 heteroatoms. The third-order valence-electron chi connectivity index (χ3n) is 5.38. The van der Waals surface area contributed by atoms with E-state index in [2.05, 4.69) is 54.6 Å². The van der Waals surface area contributed by atoms with Gasteiger partial charge in [0.05, 0.1) is 13.2 Å². The van der Waals surface area contributed by atoms with Crippen LogP contribution in [0.3, 0.4) is 0 Å². The Morgan fingerprint density at radius 1 is 0.913 bits per heavy atom. The van der Waals surface area contributed by atoms with E-state index < -0.39 is 0 Å². The molecule has 2 nitrogen and oxygen atoms in total. The molecule has 0 aliphatic carbocycles. The predicted octanol–water partition coefficient (Wildman–Crippen LogP) is 2.92. The quantitative estimate of drug-likeness (QED) is 0.715. The van der Waals surface area contributed by atoms with Gasteiger partial charge in [-0.25, -0.2) is 0 Å². The van der Waals surface area contributed by atoms with Gasteiger partial charge >= 0.3 is 0 Å². The Balaban J connectivity index is 1.85. The van der Waals surface area contributed by atoms with Crippen LogP contribution in [0.15, 0.2) is 54.6 Å². The second-order valence-electron chi connectivity index (χ2n) is 6.76. The number of aliphatic hydroxyl groups excluding tert-OH is 1. The highest BCUT2D eigenvalue weighted by molar-refractivity contribution is 6.02. The standard InChI is InChI=1S/C21H23NO/c23-15-18-9-5-6-12-22(18)14-21-19-10-3-1-7-16(19)13-17-8-2-4-11-20(17)21/h1-4,7-8,10-11,13,18,23H,5-6,9,12,14-15H2/p+1/t18-/m1/s1. The van der Waals surface area contributed by atoms with Gasteiger partial charge in [-0.15, -0.1) is 0 Å². The predicted molar refractivity (Wildman–Crippen MR) is 95.7 cm³/mol. The molecule has 1 aliphatic rings. The minimum absolute atomic E-state index is 0.304. The lowest BCUT2D eigenvalue weighted by Gasteiger charge is -2.32. The third-order valence-corrected chi connectivity index (χ3v) is 5.38. The van der Waals surface area contributed by atoms with Gasteiger partial charge in [0.25, 0.3) is 0 Å². The molecule has 2 N–H and O–H groups in total. The summed E-state index contributed by atoms with van der Waals surface area (Å²) in [7, 11) is 0. The van der Waals surface area contributed by atoms with Gasteiger partial charge in [-0.2, -0.15) is 0 Å². The number of aliphatic hydroxyl groups is 1. The molecule has 1 aliphatic heterocycles. The number of benzene rings is 3. The first kappa shape index (κ1) is 14.7. The maximum atomic E-state index is 9.75. The van der Waals surface area contributed by atoms with Crippen LogP contribution in [0.2, 0.25) is 0 Å². The summed E-state index contributed by atoms with van der Waals surface area (Å²) in [6.07, 6.45) is 3.67. The molecule has 1 unspecified atom stereocenters. The highest BCUT2D eigenvalue weighted by atomic mass is 16.3. The van der Waals surface area contributed by atoms with Crippen molar-refractivity contribution in [3.63, 3.8) is 0 Å². The molecule has 0 amide bonds. The van der Waals surface area contributed by atoms with E-state index in [4.69, 9.17) is 0 Å². The largest absolute Gasteiger partial charge is 0.390 e. The lowest BCUT2D eigenvalue weighted by atomic mass is 9.95. The van der Waals surface area contributed by atoms with E-state index in [1.54, 1.807) is 4.90 Å². The SMILES string of the molecule is OC[C@H]1CCCC[NH+]1Cc1c2ccccc2cc2ccccc12. The molecule has 3 aromatic rings. The van der Waals surface area contributed by atoms with E-state index in [9.17, 15) is 5.11 Å². The normalized spacial score (nSPS) is 21.8. The highest BCUT2D eigenvalue weighted by Crippen LogP contribution is 2.28. The fourth-order valence-electron chi connectivity index (χ4n) is 4.13. The molecular formula is C21H24NO+. The van der Waals surface area contributed by atoms with Crippen LogP contribution < -0.4 is 4.90 Å². The van der Waals surface area contributed by atoms with Gasteiger partial charge in [-0.1, -0.05) is 48.5 Å². The van der Waals surface area contributed by atoms with Gasteiger partial charge in [0, 0.05) is 12.0 Å². The molecule has 1 fully saturated rings. The van der Waals surface area contributed by atoms with E-state index in [1.807, 2.05) is 0 Å². The van der Waals surface area contributed by atoms with Gasteiger partial charge in [0.1, 0.15) is 12.6 Å². The summed E-state index contributed by atoms with van der Waals surface area (Å²) in [6, 6.07) is 20.1. The molecule has 0 bridgehead atoms. The average Bonchev–Trinajstić information content (AvgIpc) is 2.62. The number of quaternary nitrogens is 1. The van der Waals surface area contributed by atoms with Crippen LogP contribution in [-0.2, 0) is 6.54 Å². The second-order valence-corrected chi connectivity index (χ2v) is 6.76. The summed E-state index contributed by atoms with van der Waals surface area (Å²) in [4.78, 5) is 1.54. The van der Waals surface area contributed by atoms with Crippen LogP contribution in [0.25, 0.3) is 21.5 Å². The lowest BCUT2D eigenvalue weighted by Crippen LogP contribution is -3.16. The molecule has 4 rings (SSSR count). The molecule has 3 aromatic carbocycles. The monoisotopic (exact) mass is 306 g/mol. The number of hydrogen-bond donors (Lipinski definition) is 2. The van der Waals surface area contributed by atoms with E-state index in [0.717, 1.165) is 13.0 Å². The third kappa shape index (κ3) is 2.73. The molecule has 1 saturated heterocycles. The van der Waals surface area contributed by atoms with Gasteiger partial charge in [0.15, 0.2) is 0 Å².